The molecule has 0 spiro atoms. The summed E-state index contributed by atoms with van der Waals surface area (Å²) in [6, 6.07) is 14.9. The topological polar surface area (TPSA) is 84.3 Å². The number of aromatic nitrogens is 2. The minimum absolute atomic E-state index is 0.102. The molecular weight excluding hydrogens is 400 g/mol. The summed E-state index contributed by atoms with van der Waals surface area (Å²) in [7, 11) is -3.57. The Morgan fingerprint density at radius 2 is 1.67 bits per heavy atom. The predicted molar refractivity (Wildman–Crippen MR) is 119 cm³/mol. The van der Waals surface area contributed by atoms with Gasteiger partial charge in [-0.15, -0.1) is 0 Å². The predicted octanol–water partition coefficient (Wildman–Crippen LogP) is 3.46. The van der Waals surface area contributed by atoms with Crippen LogP contribution in [-0.4, -0.2) is 43.2 Å². The van der Waals surface area contributed by atoms with Crippen LogP contribution >= 0.6 is 0 Å². The van der Waals surface area contributed by atoms with Gasteiger partial charge in [-0.05, 0) is 49.2 Å². The monoisotopic (exact) mass is 426 g/mol. The van der Waals surface area contributed by atoms with E-state index in [9.17, 15) is 13.2 Å². The van der Waals surface area contributed by atoms with Gasteiger partial charge in [0.15, 0.2) is 0 Å². The fourth-order valence-electron chi connectivity index (χ4n) is 3.92. The molecule has 2 heterocycles. The second-order valence-electron chi connectivity index (χ2n) is 7.74. The van der Waals surface area contributed by atoms with Gasteiger partial charge >= 0.3 is 0 Å². The molecule has 1 saturated heterocycles. The van der Waals surface area contributed by atoms with Crippen molar-refractivity contribution in [3.63, 3.8) is 0 Å². The number of anilines is 2. The first kappa shape index (κ1) is 20.4. The summed E-state index contributed by atoms with van der Waals surface area (Å²) in [5.74, 6) is -0.300. The highest BCUT2D eigenvalue weighted by atomic mass is 32.2. The van der Waals surface area contributed by atoms with Gasteiger partial charge in [0.25, 0.3) is 0 Å². The van der Waals surface area contributed by atoms with E-state index in [4.69, 9.17) is 0 Å². The summed E-state index contributed by atoms with van der Waals surface area (Å²) in [5, 5.41) is 2.76. The number of fused-ring (bicyclic) bond motifs is 1. The van der Waals surface area contributed by atoms with Crippen molar-refractivity contribution in [3.05, 3.63) is 48.5 Å². The zero-order valence-electron chi connectivity index (χ0n) is 17.0. The highest BCUT2D eigenvalue weighted by Gasteiger charge is 2.21. The summed E-state index contributed by atoms with van der Waals surface area (Å²) < 4.78 is 25.8. The highest BCUT2D eigenvalue weighted by molar-refractivity contribution is 7.90. The van der Waals surface area contributed by atoms with Crippen molar-refractivity contribution in [2.45, 2.75) is 37.4 Å². The lowest BCUT2D eigenvalue weighted by Crippen LogP contribution is -2.24. The van der Waals surface area contributed by atoms with Crippen molar-refractivity contribution < 1.29 is 13.2 Å². The highest BCUT2D eigenvalue weighted by Crippen LogP contribution is 2.23. The van der Waals surface area contributed by atoms with E-state index in [1.165, 1.54) is 30.3 Å². The van der Waals surface area contributed by atoms with Crippen LogP contribution in [-0.2, 0) is 21.2 Å². The van der Waals surface area contributed by atoms with E-state index in [2.05, 4.69) is 15.2 Å². The molecular formula is C22H26N4O3S. The molecule has 1 amide bonds. The standard InChI is InChI=1S/C22H26N4O3S/c1-30(28,29)22-24-19-8-4-5-9-20(19)26(22)16-21(27)23-17-10-12-18(13-11-17)25-14-6-2-3-7-15-25/h4-5,8-13H,2-3,6-7,14-16H2,1H3,(H,23,27). The number of para-hydroxylation sites is 2. The maximum atomic E-state index is 12.7. The van der Waals surface area contributed by atoms with Crippen LogP contribution < -0.4 is 10.2 Å². The summed E-state index contributed by atoms with van der Waals surface area (Å²) in [4.78, 5) is 19.3. The van der Waals surface area contributed by atoms with Gasteiger partial charge in [-0.3, -0.25) is 4.79 Å². The Hall–Kier alpha value is -2.87. The number of rotatable bonds is 5. The minimum Gasteiger partial charge on any atom is -0.372 e. The average Bonchev–Trinajstić information content (AvgIpc) is 2.89. The fraction of sp³-hybridized carbons (Fsp3) is 0.364. The molecule has 1 aliphatic rings. The van der Waals surface area contributed by atoms with Gasteiger partial charge in [0.1, 0.15) is 6.54 Å². The van der Waals surface area contributed by atoms with Crippen molar-refractivity contribution in [1.82, 2.24) is 9.55 Å². The van der Waals surface area contributed by atoms with Crippen molar-refractivity contribution in [3.8, 4) is 0 Å². The molecule has 158 valence electrons. The first-order chi connectivity index (χ1) is 14.4. The Labute approximate surface area is 176 Å². The van der Waals surface area contributed by atoms with Crippen LogP contribution in [0.2, 0.25) is 0 Å². The van der Waals surface area contributed by atoms with Crippen LogP contribution in [0.3, 0.4) is 0 Å². The number of sulfone groups is 1. The first-order valence-electron chi connectivity index (χ1n) is 10.2. The molecule has 0 radical (unpaired) electrons. The summed E-state index contributed by atoms with van der Waals surface area (Å²) in [6.45, 7) is 2.00. The van der Waals surface area contributed by atoms with Gasteiger partial charge in [0, 0.05) is 30.7 Å². The van der Waals surface area contributed by atoms with E-state index in [0.717, 1.165) is 25.0 Å². The number of carbonyl (C=O) groups excluding carboxylic acids is 1. The molecule has 1 fully saturated rings. The number of nitrogens with zero attached hydrogens (tertiary/aromatic N) is 3. The molecule has 3 aromatic rings. The maximum absolute atomic E-state index is 12.7. The number of benzene rings is 2. The number of carbonyl (C=O) groups is 1. The van der Waals surface area contributed by atoms with Gasteiger partial charge in [-0.1, -0.05) is 25.0 Å². The van der Waals surface area contributed by atoms with Gasteiger partial charge < -0.3 is 14.8 Å². The summed E-state index contributed by atoms with van der Waals surface area (Å²) in [5.41, 5.74) is 3.01. The van der Waals surface area contributed by atoms with Crippen LogP contribution in [0.4, 0.5) is 11.4 Å². The Kier molecular flexibility index (Phi) is 5.76. The van der Waals surface area contributed by atoms with E-state index in [-0.39, 0.29) is 17.6 Å². The maximum Gasteiger partial charge on any atom is 0.244 e. The van der Waals surface area contributed by atoms with Crippen molar-refractivity contribution in [2.24, 2.45) is 0 Å². The normalized spacial score (nSPS) is 15.2. The third kappa shape index (κ3) is 4.48. The fourth-order valence-corrected chi connectivity index (χ4v) is 4.75. The summed E-state index contributed by atoms with van der Waals surface area (Å²) in [6.07, 6.45) is 6.08. The molecule has 0 atom stereocenters. The van der Waals surface area contributed by atoms with E-state index in [1.54, 1.807) is 24.3 Å². The smallest absolute Gasteiger partial charge is 0.244 e. The molecule has 1 aliphatic heterocycles. The largest absolute Gasteiger partial charge is 0.372 e. The molecule has 0 bridgehead atoms. The summed E-state index contributed by atoms with van der Waals surface area (Å²) >= 11 is 0. The average molecular weight is 427 g/mol. The van der Waals surface area contributed by atoms with E-state index < -0.39 is 9.84 Å². The SMILES string of the molecule is CS(=O)(=O)c1nc2ccccc2n1CC(=O)Nc1ccc(N2CCCCCC2)cc1. The Balaban J connectivity index is 1.50. The van der Waals surface area contributed by atoms with Crippen molar-refractivity contribution in [1.29, 1.82) is 0 Å². The number of amides is 1. The lowest BCUT2D eigenvalue weighted by Gasteiger charge is -2.22. The minimum atomic E-state index is -3.57. The van der Waals surface area contributed by atoms with Gasteiger partial charge in [0.05, 0.1) is 11.0 Å². The zero-order chi connectivity index (χ0) is 21.1. The molecule has 2 aromatic carbocycles. The van der Waals surface area contributed by atoms with Crippen LogP contribution in [0, 0.1) is 0 Å². The third-order valence-corrected chi connectivity index (χ3v) is 6.35. The quantitative estimate of drug-likeness (QED) is 0.675. The molecule has 4 rings (SSSR count). The zero-order valence-corrected chi connectivity index (χ0v) is 17.9. The molecule has 7 nitrogen and oxygen atoms in total. The molecule has 0 saturated carbocycles. The molecule has 30 heavy (non-hydrogen) atoms. The third-order valence-electron chi connectivity index (χ3n) is 5.38. The van der Waals surface area contributed by atoms with Gasteiger partial charge in [-0.2, -0.15) is 0 Å². The van der Waals surface area contributed by atoms with E-state index in [0.29, 0.717) is 16.7 Å². The molecule has 0 aliphatic carbocycles. The molecule has 1 aromatic heterocycles. The molecule has 1 N–H and O–H groups in total. The van der Waals surface area contributed by atoms with Crippen molar-refractivity contribution >= 4 is 38.2 Å². The van der Waals surface area contributed by atoms with Gasteiger partial charge in [0.2, 0.25) is 20.9 Å². The first-order valence-corrected chi connectivity index (χ1v) is 12.1. The number of imidazole rings is 1. The number of hydrogen-bond acceptors (Lipinski definition) is 5. The number of hydrogen-bond donors (Lipinski definition) is 1. The lowest BCUT2D eigenvalue weighted by atomic mass is 10.2. The second kappa shape index (κ2) is 8.47. The Morgan fingerprint density at radius 3 is 2.33 bits per heavy atom. The Bertz CT molecular complexity index is 1140. The van der Waals surface area contributed by atoms with E-state index in [1.807, 2.05) is 24.3 Å². The number of nitrogens with one attached hydrogen (secondary N) is 1. The van der Waals surface area contributed by atoms with Crippen molar-refractivity contribution in [2.75, 3.05) is 29.6 Å². The van der Waals surface area contributed by atoms with Gasteiger partial charge in [-0.25, -0.2) is 13.4 Å². The van der Waals surface area contributed by atoms with Crippen LogP contribution in [0.15, 0.2) is 53.7 Å². The van der Waals surface area contributed by atoms with E-state index >= 15 is 0 Å². The molecule has 0 unspecified atom stereocenters. The molecule has 8 heteroatoms. The lowest BCUT2D eigenvalue weighted by molar-refractivity contribution is -0.116. The Morgan fingerprint density at radius 1 is 1.00 bits per heavy atom. The van der Waals surface area contributed by atoms with Crippen LogP contribution in [0.5, 0.6) is 0 Å². The second-order valence-corrected chi connectivity index (χ2v) is 9.65. The van der Waals surface area contributed by atoms with Crippen LogP contribution in [0.25, 0.3) is 11.0 Å². The van der Waals surface area contributed by atoms with Crippen LogP contribution in [0.1, 0.15) is 25.7 Å².